The van der Waals surface area contributed by atoms with Gasteiger partial charge in [0.2, 0.25) is 0 Å². The first-order chi connectivity index (χ1) is 22.3. The highest BCUT2D eigenvalue weighted by Gasteiger charge is 2.71. The number of hydrogen-bond acceptors (Lipinski definition) is 5. The minimum atomic E-state index is -1.14. The number of carboxylic acid groups (broad SMARTS) is 1. The molecule has 0 aromatic rings. The van der Waals surface area contributed by atoms with Gasteiger partial charge in [0.1, 0.15) is 6.10 Å². The maximum Gasteiger partial charge on any atom is 0.317 e. The van der Waals surface area contributed by atoms with E-state index in [9.17, 15) is 19.5 Å². The van der Waals surface area contributed by atoms with Gasteiger partial charge in [-0.25, -0.2) is 4.79 Å². The fourth-order valence-corrected chi connectivity index (χ4v) is 13.2. The van der Waals surface area contributed by atoms with Crippen LogP contribution < -0.4 is 5.32 Å². The third-order valence-electron chi connectivity index (χ3n) is 16.1. The van der Waals surface area contributed by atoms with Gasteiger partial charge in [-0.3, -0.25) is 9.59 Å². The maximum atomic E-state index is 13.7. The fraction of sp³-hybridized carbons (Fsp3) is 0.875. The molecule has 0 aromatic heterocycles. The molecule has 1 saturated heterocycles. The van der Waals surface area contributed by atoms with E-state index in [1.807, 2.05) is 4.90 Å². The average Bonchev–Trinajstić information content (AvgIpc) is 3.39. The van der Waals surface area contributed by atoms with Crippen LogP contribution >= 0.6 is 0 Å². The number of allylic oxidation sites excluding steroid dienone is 1. The average molecular weight is 669 g/mol. The highest BCUT2D eigenvalue weighted by molar-refractivity contribution is 5.81. The number of nitrogens with zero attached hydrogens (tertiary/aromatic N) is 1. The molecule has 6 fully saturated rings. The number of carboxylic acids is 1. The summed E-state index contributed by atoms with van der Waals surface area (Å²) in [5, 5.41) is 13.3. The maximum absolute atomic E-state index is 13.7. The van der Waals surface area contributed by atoms with Crippen LogP contribution in [0.2, 0.25) is 0 Å². The van der Waals surface area contributed by atoms with Crippen molar-refractivity contribution in [3.63, 3.8) is 0 Å². The molecule has 2 N–H and O–H groups in total. The summed E-state index contributed by atoms with van der Waals surface area (Å²) in [5.41, 5.74) is 0.233. The largest absolute Gasteiger partial charge is 0.481 e. The molecule has 5 saturated carbocycles. The summed E-state index contributed by atoms with van der Waals surface area (Å²) < 4.78 is 11.7. The minimum absolute atomic E-state index is 0.0911. The summed E-state index contributed by atoms with van der Waals surface area (Å²) in [6, 6.07) is 0.0911. The second kappa shape index (κ2) is 12.0. The molecule has 8 nitrogen and oxygen atoms in total. The molecule has 0 spiro atoms. The van der Waals surface area contributed by atoms with Crippen molar-refractivity contribution < 1.29 is 29.0 Å². The van der Waals surface area contributed by atoms with Gasteiger partial charge in [-0.1, -0.05) is 46.8 Å². The number of nitrogens with one attached hydrogen (secondary N) is 1. The summed E-state index contributed by atoms with van der Waals surface area (Å²) in [6.45, 7) is 24.9. The highest BCUT2D eigenvalue weighted by Crippen LogP contribution is 2.76. The van der Waals surface area contributed by atoms with Crippen molar-refractivity contribution in [3.05, 3.63) is 12.2 Å². The number of carbonyl (C=O) groups is 3. The number of esters is 1. The Morgan fingerprint density at radius 1 is 0.896 bits per heavy atom. The third-order valence-corrected chi connectivity index (χ3v) is 16.1. The van der Waals surface area contributed by atoms with Gasteiger partial charge in [-0.15, -0.1) is 0 Å². The van der Waals surface area contributed by atoms with Crippen LogP contribution in [0.25, 0.3) is 0 Å². The van der Waals surface area contributed by atoms with Gasteiger partial charge in [-0.2, -0.15) is 0 Å². The Kier molecular flexibility index (Phi) is 8.94. The van der Waals surface area contributed by atoms with Crippen LogP contribution in [0.3, 0.4) is 0 Å². The van der Waals surface area contributed by atoms with Crippen molar-refractivity contribution in [1.29, 1.82) is 0 Å². The molecule has 48 heavy (non-hydrogen) atoms. The van der Waals surface area contributed by atoms with E-state index >= 15 is 0 Å². The third kappa shape index (κ3) is 5.35. The number of carbonyl (C=O) groups excluding carboxylic acids is 2. The summed E-state index contributed by atoms with van der Waals surface area (Å²) in [7, 11) is 0. The predicted octanol–water partition coefficient (Wildman–Crippen LogP) is 7.85. The van der Waals surface area contributed by atoms with E-state index in [1.54, 1.807) is 13.8 Å². The molecule has 2 amide bonds. The van der Waals surface area contributed by atoms with Gasteiger partial charge >= 0.3 is 18.0 Å². The zero-order valence-corrected chi connectivity index (χ0v) is 31.2. The number of amides is 2. The van der Waals surface area contributed by atoms with Crippen LogP contribution in [0.5, 0.6) is 0 Å². The van der Waals surface area contributed by atoms with Crippen LogP contribution in [-0.2, 0) is 19.1 Å². The van der Waals surface area contributed by atoms with Gasteiger partial charge in [0.25, 0.3) is 0 Å². The van der Waals surface area contributed by atoms with Gasteiger partial charge in [0, 0.05) is 24.0 Å². The molecule has 0 aromatic carbocycles. The lowest BCUT2D eigenvalue weighted by atomic mass is 9.32. The van der Waals surface area contributed by atoms with Gasteiger partial charge < -0.3 is 24.8 Å². The van der Waals surface area contributed by atoms with Crippen LogP contribution in [0, 0.1) is 56.7 Å². The number of morpholine rings is 1. The summed E-state index contributed by atoms with van der Waals surface area (Å²) >= 11 is 0. The molecule has 8 heteroatoms. The first-order valence-electron chi connectivity index (χ1n) is 19.1. The summed E-state index contributed by atoms with van der Waals surface area (Å²) in [6.07, 6.45) is 10.5. The van der Waals surface area contributed by atoms with E-state index in [-0.39, 0.29) is 45.8 Å². The number of ether oxygens (including phenoxy) is 2. The van der Waals surface area contributed by atoms with Crippen molar-refractivity contribution in [3.8, 4) is 0 Å². The molecule has 10 atom stereocenters. The molecule has 0 bridgehead atoms. The quantitative estimate of drug-likeness (QED) is 0.221. The normalized spacial score (nSPS) is 43.5. The zero-order valence-electron chi connectivity index (χ0n) is 31.2. The van der Waals surface area contributed by atoms with E-state index in [1.165, 1.54) is 24.8 Å². The second-order valence-corrected chi connectivity index (χ2v) is 19.1. The SMILES string of the molecule is C=C(C)[C@@H]1CC[C@]2(NC(=O)N3CCOCC3)CC[C@]3(C)[C@H](CC[C@@H]4[C@@]5(C)CC[C@H](OC(=O)CC(C)(C)C(=O)O)C(C)(C)[C@@H]5CC[C@]43C)[C@@H]12. The van der Waals surface area contributed by atoms with Crippen LogP contribution in [0.15, 0.2) is 12.2 Å². The lowest BCUT2D eigenvalue weighted by molar-refractivity contribution is -0.246. The second-order valence-electron chi connectivity index (χ2n) is 19.1. The van der Waals surface area contributed by atoms with E-state index < -0.39 is 17.4 Å². The van der Waals surface area contributed by atoms with Crippen molar-refractivity contribution in [2.45, 2.75) is 138 Å². The number of aliphatic carboxylic acids is 1. The molecule has 1 heterocycles. The predicted molar refractivity (Wildman–Crippen MR) is 186 cm³/mol. The van der Waals surface area contributed by atoms with Crippen LogP contribution in [0.4, 0.5) is 4.79 Å². The van der Waals surface area contributed by atoms with Crippen LogP contribution in [-0.4, -0.2) is 65.9 Å². The number of rotatable bonds is 6. The van der Waals surface area contributed by atoms with E-state index in [4.69, 9.17) is 9.47 Å². The van der Waals surface area contributed by atoms with E-state index in [0.29, 0.717) is 55.9 Å². The molecule has 6 aliphatic rings. The molecule has 6 rings (SSSR count). The standard InChI is InChI=1S/C40H64N2O6/c1-25(2)26-12-17-40(41-34(46)42-20-22-47-23-21-42)19-18-38(8)27(32(26)40)10-11-29-37(7)15-14-30(48-31(43)24-35(3,4)33(44)45)36(5,6)28(37)13-16-39(29,38)9/h26-30,32H,1,10-24H2,2-9H3,(H,41,46)(H,44,45)/t26-,27+,28-,29+,30-,32+,37-,38+,39+,40-/m0/s1. The molecule has 5 aliphatic carbocycles. The van der Waals surface area contributed by atoms with Crippen molar-refractivity contribution in [2.75, 3.05) is 26.3 Å². The molecular formula is C40H64N2O6. The van der Waals surface area contributed by atoms with Crippen molar-refractivity contribution in [2.24, 2.45) is 56.7 Å². The molecule has 0 unspecified atom stereocenters. The summed E-state index contributed by atoms with van der Waals surface area (Å²) in [5.74, 6) is 1.000. The molecule has 1 aliphatic heterocycles. The lowest BCUT2D eigenvalue weighted by Gasteiger charge is -2.73. The Bertz CT molecular complexity index is 1320. The highest BCUT2D eigenvalue weighted by atomic mass is 16.5. The van der Waals surface area contributed by atoms with Gasteiger partial charge in [0.05, 0.1) is 25.0 Å². The van der Waals surface area contributed by atoms with Crippen molar-refractivity contribution >= 4 is 18.0 Å². The Balaban J connectivity index is 1.25. The molecular weight excluding hydrogens is 604 g/mol. The van der Waals surface area contributed by atoms with Gasteiger partial charge in [0.15, 0.2) is 0 Å². The smallest absolute Gasteiger partial charge is 0.317 e. The van der Waals surface area contributed by atoms with E-state index in [0.717, 1.165) is 44.9 Å². The molecule has 0 radical (unpaired) electrons. The van der Waals surface area contributed by atoms with E-state index in [2.05, 4.69) is 53.4 Å². The lowest BCUT2D eigenvalue weighted by Crippen LogP contribution is -2.69. The number of urea groups is 1. The zero-order chi connectivity index (χ0) is 35.1. The first-order valence-corrected chi connectivity index (χ1v) is 19.1. The number of hydrogen-bond donors (Lipinski definition) is 2. The van der Waals surface area contributed by atoms with Gasteiger partial charge in [-0.05, 0) is 131 Å². The Morgan fingerprint density at radius 3 is 2.23 bits per heavy atom. The topological polar surface area (TPSA) is 105 Å². The molecule has 270 valence electrons. The monoisotopic (exact) mass is 668 g/mol. The van der Waals surface area contributed by atoms with Crippen molar-refractivity contribution in [1.82, 2.24) is 10.2 Å². The Labute approximate surface area is 289 Å². The Morgan fingerprint density at radius 2 is 1.58 bits per heavy atom. The fourth-order valence-electron chi connectivity index (χ4n) is 13.2. The number of fused-ring (bicyclic) bond motifs is 7. The first kappa shape index (κ1) is 35.7. The summed E-state index contributed by atoms with van der Waals surface area (Å²) in [4.78, 5) is 40.5. The minimum Gasteiger partial charge on any atom is -0.481 e. The Hall–Kier alpha value is -2.09. The van der Waals surface area contributed by atoms with Crippen LogP contribution in [0.1, 0.15) is 126 Å².